The maximum Gasteiger partial charge on any atom is 0.328 e. The minimum absolute atomic E-state index is 0.0710. The molecule has 1 fully saturated rings. The van der Waals surface area contributed by atoms with Gasteiger partial charge >= 0.3 is 12.0 Å². The first-order chi connectivity index (χ1) is 19.3. The first kappa shape index (κ1) is 31.9. The van der Waals surface area contributed by atoms with E-state index in [1.54, 1.807) is 40.9 Å². The van der Waals surface area contributed by atoms with E-state index in [0.717, 1.165) is 23.5 Å². The molecule has 1 saturated carbocycles. The van der Waals surface area contributed by atoms with Crippen molar-refractivity contribution in [2.45, 2.75) is 78.6 Å². The van der Waals surface area contributed by atoms with Crippen molar-refractivity contribution in [2.75, 3.05) is 31.0 Å². The Morgan fingerprint density at radius 3 is 2.24 bits per heavy atom. The molecular formula is C31H43N3O7. The highest BCUT2D eigenvalue weighted by Gasteiger charge is 2.31. The number of hydrogen-bond donors (Lipinski definition) is 4. The van der Waals surface area contributed by atoms with Gasteiger partial charge in [-0.3, -0.25) is 4.79 Å². The monoisotopic (exact) mass is 569 g/mol. The Hall–Kier alpha value is -3.63. The molecule has 2 aromatic carbocycles. The molecule has 4 N–H and O–H groups in total. The zero-order chi connectivity index (χ0) is 30.3. The van der Waals surface area contributed by atoms with E-state index in [1.165, 1.54) is 30.5 Å². The van der Waals surface area contributed by atoms with Crippen molar-refractivity contribution in [3.8, 4) is 5.75 Å². The first-order valence-corrected chi connectivity index (χ1v) is 13.9. The predicted octanol–water partition coefficient (Wildman–Crippen LogP) is 5.31. The van der Waals surface area contributed by atoms with Crippen molar-refractivity contribution in [2.24, 2.45) is 5.92 Å². The molecular weight excluding hydrogens is 526 g/mol. The molecule has 10 nitrogen and oxygen atoms in total. The number of carbonyl (C=O) groups is 3. The van der Waals surface area contributed by atoms with Gasteiger partial charge in [-0.2, -0.15) is 0 Å². The molecule has 1 aliphatic rings. The third-order valence-corrected chi connectivity index (χ3v) is 6.65. The number of aliphatic carboxylic acids is 1. The maximum absolute atomic E-state index is 13.3. The third-order valence-electron chi connectivity index (χ3n) is 6.65. The summed E-state index contributed by atoms with van der Waals surface area (Å²) < 4.78 is 16.5. The van der Waals surface area contributed by atoms with Crippen molar-refractivity contribution in [1.82, 2.24) is 5.32 Å². The largest absolute Gasteiger partial charge is 0.491 e. The van der Waals surface area contributed by atoms with E-state index in [-0.39, 0.29) is 17.9 Å². The van der Waals surface area contributed by atoms with Crippen molar-refractivity contribution in [3.05, 3.63) is 52.6 Å². The fourth-order valence-electron chi connectivity index (χ4n) is 4.67. The van der Waals surface area contributed by atoms with E-state index in [9.17, 15) is 19.5 Å². The number of amides is 3. The molecule has 0 aromatic heterocycles. The normalized spacial score (nSPS) is 14.6. The van der Waals surface area contributed by atoms with Gasteiger partial charge in [0, 0.05) is 18.9 Å². The van der Waals surface area contributed by atoms with E-state index in [4.69, 9.17) is 14.2 Å². The van der Waals surface area contributed by atoms with Crippen LogP contribution in [0, 0.1) is 19.8 Å². The van der Waals surface area contributed by atoms with E-state index in [1.807, 2.05) is 13.8 Å². The maximum atomic E-state index is 13.3. The summed E-state index contributed by atoms with van der Waals surface area (Å²) in [5, 5.41) is 18.0. The molecule has 0 radical (unpaired) electrons. The summed E-state index contributed by atoms with van der Waals surface area (Å²) in [4.78, 5) is 38.5. The van der Waals surface area contributed by atoms with E-state index in [0.29, 0.717) is 18.0 Å². The number of rotatable bonds is 13. The zero-order valence-corrected chi connectivity index (χ0v) is 25.1. The zero-order valence-electron chi connectivity index (χ0n) is 25.1. The van der Waals surface area contributed by atoms with Crippen molar-refractivity contribution in [3.63, 3.8) is 0 Å². The molecule has 0 heterocycles. The second-order valence-corrected chi connectivity index (χ2v) is 11.6. The number of aryl methyl sites for hydroxylation is 2. The van der Waals surface area contributed by atoms with Crippen molar-refractivity contribution >= 4 is 29.3 Å². The Morgan fingerprint density at radius 2 is 1.68 bits per heavy atom. The van der Waals surface area contributed by atoms with Gasteiger partial charge in [-0.25, -0.2) is 9.59 Å². The van der Waals surface area contributed by atoms with Gasteiger partial charge in [0.1, 0.15) is 12.4 Å². The molecule has 3 rings (SSSR count). The Morgan fingerprint density at radius 1 is 1.02 bits per heavy atom. The highest BCUT2D eigenvalue weighted by molar-refractivity contribution is 6.07. The second kappa shape index (κ2) is 13.8. The molecule has 10 heteroatoms. The predicted molar refractivity (Wildman–Crippen MR) is 158 cm³/mol. The number of urea groups is 1. The lowest BCUT2D eigenvalue weighted by molar-refractivity contribution is -0.146. The minimum Gasteiger partial charge on any atom is -0.491 e. The number of carboxylic acid groups (broad SMARTS) is 1. The quantitative estimate of drug-likeness (QED) is 0.240. The standard InChI is InChI=1S/C31H43N3O7/c1-18-14-22(16-21-8-9-21)15-19(2)26(18)34-30(38)32-25-17-23(40-13-12-39-7)10-11-24(25)28(35)33-27(29(36)37)20(3)41-31(4,5)6/h10-11,14-15,17,20-21,27H,8-9,12-13,16H2,1-7H3,(H,33,35)(H,36,37)(H2,32,34,38)/t20?,27-/m0/s1. The van der Waals surface area contributed by atoms with Crippen LogP contribution >= 0.6 is 0 Å². The van der Waals surface area contributed by atoms with Gasteiger partial charge in [0.15, 0.2) is 6.04 Å². The Bertz CT molecular complexity index is 1230. The van der Waals surface area contributed by atoms with E-state index in [2.05, 4.69) is 28.1 Å². The summed E-state index contributed by atoms with van der Waals surface area (Å²) in [5.74, 6) is -0.761. The van der Waals surface area contributed by atoms with Gasteiger partial charge < -0.3 is 35.3 Å². The molecule has 1 unspecified atom stereocenters. The third kappa shape index (κ3) is 9.75. The van der Waals surface area contributed by atoms with Crippen LogP contribution in [0.5, 0.6) is 5.75 Å². The minimum atomic E-state index is -1.32. The number of benzene rings is 2. The molecule has 3 amide bonds. The van der Waals surface area contributed by atoms with Crippen LogP contribution < -0.4 is 20.7 Å². The lowest BCUT2D eigenvalue weighted by Gasteiger charge is -2.29. The number of methoxy groups -OCH3 is 1. The summed E-state index contributed by atoms with van der Waals surface area (Å²) >= 11 is 0. The Balaban J connectivity index is 1.83. The molecule has 1 aliphatic carbocycles. The summed E-state index contributed by atoms with van der Waals surface area (Å²) in [6, 6.07) is 6.89. The number of ether oxygens (including phenoxy) is 3. The molecule has 2 aromatic rings. The summed E-state index contributed by atoms with van der Waals surface area (Å²) in [7, 11) is 1.56. The number of hydrogen-bond acceptors (Lipinski definition) is 6. The Labute approximate surface area is 242 Å². The van der Waals surface area contributed by atoms with Gasteiger partial charge in [-0.15, -0.1) is 0 Å². The average molecular weight is 570 g/mol. The molecule has 41 heavy (non-hydrogen) atoms. The van der Waals surface area contributed by atoms with Crippen LogP contribution in [0.25, 0.3) is 0 Å². The molecule has 224 valence electrons. The molecule has 0 bridgehead atoms. The number of carbonyl (C=O) groups excluding carboxylic acids is 2. The molecule has 0 saturated heterocycles. The lowest BCUT2D eigenvalue weighted by Crippen LogP contribution is -2.50. The number of nitrogens with one attached hydrogen (secondary N) is 3. The van der Waals surface area contributed by atoms with Gasteiger partial charge in [-0.1, -0.05) is 12.1 Å². The average Bonchev–Trinajstić information content (AvgIpc) is 3.67. The van der Waals surface area contributed by atoms with Crippen LogP contribution in [-0.4, -0.2) is 61.1 Å². The van der Waals surface area contributed by atoms with E-state index < -0.39 is 35.7 Å². The SMILES string of the molecule is COCCOc1ccc(C(=O)N[C@H](C(=O)O)C(C)OC(C)(C)C)c(NC(=O)Nc2c(C)cc(CC3CC3)cc2C)c1. The molecule has 2 atom stereocenters. The van der Waals surface area contributed by atoms with Crippen LogP contribution in [-0.2, 0) is 20.7 Å². The first-order valence-electron chi connectivity index (χ1n) is 13.9. The number of anilines is 2. The highest BCUT2D eigenvalue weighted by atomic mass is 16.5. The smallest absolute Gasteiger partial charge is 0.328 e. The van der Waals surface area contributed by atoms with Crippen molar-refractivity contribution < 1.29 is 33.7 Å². The van der Waals surface area contributed by atoms with Crippen LogP contribution in [0.4, 0.5) is 16.2 Å². The van der Waals surface area contributed by atoms with Crippen LogP contribution in [0.15, 0.2) is 30.3 Å². The second-order valence-electron chi connectivity index (χ2n) is 11.6. The van der Waals surface area contributed by atoms with Gasteiger partial charge in [-0.05, 0) is 95.5 Å². The fourth-order valence-corrected chi connectivity index (χ4v) is 4.67. The summed E-state index contributed by atoms with van der Waals surface area (Å²) in [6.45, 7) is 11.5. The van der Waals surface area contributed by atoms with E-state index >= 15 is 0 Å². The molecule has 0 spiro atoms. The summed E-state index contributed by atoms with van der Waals surface area (Å²) in [6.07, 6.45) is 2.75. The Kier molecular flexibility index (Phi) is 10.8. The van der Waals surface area contributed by atoms with Crippen LogP contribution in [0.1, 0.15) is 67.6 Å². The van der Waals surface area contributed by atoms with Crippen LogP contribution in [0.3, 0.4) is 0 Å². The number of carboxylic acids is 1. The lowest BCUT2D eigenvalue weighted by atomic mass is 10.0. The van der Waals surface area contributed by atoms with Gasteiger partial charge in [0.2, 0.25) is 0 Å². The van der Waals surface area contributed by atoms with Gasteiger partial charge in [0.25, 0.3) is 5.91 Å². The molecule has 0 aliphatic heterocycles. The van der Waals surface area contributed by atoms with Gasteiger partial charge in [0.05, 0.1) is 29.6 Å². The van der Waals surface area contributed by atoms with Crippen LogP contribution in [0.2, 0.25) is 0 Å². The summed E-state index contributed by atoms with van der Waals surface area (Å²) in [5.41, 5.74) is 3.46. The topological polar surface area (TPSA) is 135 Å². The van der Waals surface area contributed by atoms with Crippen molar-refractivity contribution in [1.29, 1.82) is 0 Å². The highest BCUT2D eigenvalue weighted by Crippen LogP contribution is 2.34. The fraction of sp³-hybridized carbons (Fsp3) is 0.516.